The third kappa shape index (κ3) is 51.4. The molecule has 0 spiro atoms. The largest absolute Gasteiger partial charge is 0.472 e. The Labute approximate surface area is 412 Å². The summed E-state index contributed by atoms with van der Waals surface area (Å²) >= 11 is 0. The number of unbranched alkanes of at least 4 members (excludes halogenated alkanes) is 45. The molecule has 5 N–H and O–H groups in total. The van der Waals surface area contributed by atoms with Gasteiger partial charge in [0.1, 0.15) is 0 Å². The van der Waals surface area contributed by atoms with Gasteiger partial charge in [0, 0.05) is 13.0 Å². The molecule has 66 heavy (non-hydrogen) atoms. The topological polar surface area (TPSA) is 131 Å². The number of carbonyl (C=O) groups is 1. The van der Waals surface area contributed by atoms with Gasteiger partial charge >= 0.3 is 7.82 Å². The van der Waals surface area contributed by atoms with Crippen molar-refractivity contribution < 1.29 is 28.4 Å². The molecular formula is C57H117N2O6P. The second kappa shape index (κ2) is 53.8. The minimum absolute atomic E-state index is 0.0926. The first kappa shape index (κ1) is 65.5. The van der Waals surface area contributed by atoms with Gasteiger partial charge in [0.15, 0.2) is 0 Å². The molecule has 0 saturated heterocycles. The molecule has 0 saturated carbocycles. The molecular weight excluding hydrogens is 840 g/mol. The molecule has 1 amide bonds. The molecule has 0 aliphatic rings. The van der Waals surface area contributed by atoms with E-state index in [1.807, 2.05) is 0 Å². The van der Waals surface area contributed by atoms with E-state index in [4.69, 9.17) is 14.8 Å². The summed E-state index contributed by atoms with van der Waals surface area (Å²) in [6.07, 6.45) is 63.3. The van der Waals surface area contributed by atoms with Gasteiger partial charge in [-0.2, -0.15) is 0 Å². The molecule has 0 aromatic rings. The average Bonchev–Trinajstić information content (AvgIpc) is 3.31. The van der Waals surface area contributed by atoms with Crippen LogP contribution in [0.4, 0.5) is 0 Å². The van der Waals surface area contributed by atoms with E-state index in [0.717, 1.165) is 38.5 Å². The maximum Gasteiger partial charge on any atom is 0.472 e. The van der Waals surface area contributed by atoms with Crippen LogP contribution in [0.2, 0.25) is 0 Å². The van der Waals surface area contributed by atoms with Crippen molar-refractivity contribution in [3.8, 4) is 0 Å². The number of hydrogen-bond donors (Lipinski definition) is 4. The maximum atomic E-state index is 12.8. The fourth-order valence-corrected chi connectivity index (χ4v) is 10.3. The van der Waals surface area contributed by atoms with Gasteiger partial charge in [-0.15, -0.1) is 0 Å². The second-order valence-corrected chi connectivity index (χ2v) is 22.0. The van der Waals surface area contributed by atoms with Gasteiger partial charge in [-0.1, -0.05) is 309 Å². The molecule has 0 aliphatic heterocycles. The molecule has 0 heterocycles. The maximum absolute atomic E-state index is 12.8. The van der Waals surface area contributed by atoms with E-state index >= 15 is 0 Å². The molecule has 0 fully saturated rings. The van der Waals surface area contributed by atoms with Crippen molar-refractivity contribution in [2.75, 3.05) is 19.8 Å². The summed E-state index contributed by atoms with van der Waals surface area (Å²) in [4.78, 5) is 22.8. The van der Waals surface area contributed by atoms with E-state index in [0.29, 0.717) is 12.8 Å². The van der Waals surface area contributed by atoms with Crippen LogP contribution in [0.5, 0.6) is 0 Å². The van der Waals surface area contributed by atoms with Gasteiger partial charge in [0.2, 0.25) is 5.91 Å². The number of phosphoric acid groups is 1. The van der Waals surface area contributed by atoms with Crippen LogP contribution in [0.3, 0.4) is 0 Å². The summed E-state index contributed by atoms with van der Waals surface area (Å²) in [5.74, 6) is -0.154. The molecule has 1 unspecified atom stereocenters. The molecule has 8 nitrogen and oxygen atoms in total. The minimum atomic E-state index is -4.31. The monoisotopic (exact) mass is 957 g/mol. The van der Waals surface area contributed by atoms with Crippen LogP contribution in [0, 0.1) is 0 Å². The molecule has 0 aromatic carbocycles. The van der Waals surface area contributed by atoms with Gasteiger partial charge in [-0.25, -0.2) is 4.57 Å². The van der Waals surface area contributed by atoms with Crippen LogP contribution in [-0.4, -0.2) is 47.8 Å². The van der Waals surface area contributed by atoms with Crippen molar-refractivity contribution in [3.63, 3.8) is 0 Å². The third-order valence-electron chi connectivity index (χ3n) is 14.0. The highest BCUT2D eigenvalue weighted by molar-refractivity contribution is 7.47. The fourth-order valence-electron chi connectivity index (χ4n) is 9.50. The molecule has 9 heteroatoms. The summed E-state index contributed by atoms with van der Waals surface area (Å²) in [6.45, 7) is 4.25. The average molecular weight is 958 g/mol. The van der Waals surface area contributed by atoms with Crippen molar-refractivity contribution in [1.29, 1.82) is 0 Å². The Kier molecular flexibility index (Phi) is 53.4. The number of carbonyl (C=O) groups excluding carboxylic acids is 1. The molecule has 396 valence electrons. The van der Waals surface area contributed by atoms with Crippen LogP contribution in [0.15, 0.2) is 0 Å². The number of aliphatic hydroxyl groups excluding tert-OH is 1. The number of rotatable bonds is 57. The Morgan fingerprint density at radius 1 is 0.439 bits per heavy atom. The van der Waals surface area contributed by atoms with E-state index in [1.165, 1.54) is 263 Å². The summed E-state index contributed by atoms with van der Waals surface area (Å²) in [7, 11) is -4.31. The number of nitrogens with two attached hydrogens (primary N) is 1. The first-order valence-corrected chi connectivity index (χ1v) is 31.1. The Hall–Kier alpha value is -0.500. The molecule has 3 atom stereocenters. The summed E-state index contributed by atoms with van der Waals surface area (Å²) < 4.78 is 22.2. The van der Waals surface area contributed by atoms with Crippen molar-refractivity contribution in [1.82, 2.24) is 5.32 Å². The number of hydrogen-bond acceptors (Lipinski definition) is 6. The second-order valence-electron chi connectivity index (χ2n) is 20.6. The Morgan fingerprint density at radius 2 is 0.697 bits per heavy atom. The van der Waals surface area contributed by atoms with Gasteiger partial charge in [-0.3, -0.25) is 13.8 Å². The first-order valence-electron chi connectivity index (χ1n) is 29.7. The van der Waals surface area contributed by atoms with Crippen LogP contribution in [-0.2, 0) is 18.4 Å². The van der Waals surface area contributed by atoms with Crippen LogP contribution in [0.1, 0.15) is 328 Å². The first-order chi connectivity index (χ1) is 32.4. The van der Waals surface area contributed by atoms with Crippen LogP contribution < -0.4 is 11.1 Å². The fraction of sp³-hybridized carbons (Fsp3) is 0.982. The Morgan fingerprint density at radius 3 is 0.970 bits per heavy atom. The van der Waals surface area contributed by atoms with Gasteiger partial charge in [0.05, 0.1) is 25.4 Å². The van der Waals surface area contributed by atoms with Crippen molar-refractivity contribution in [3.05, 3.63) is 0 Å². The SMILES string of the molecule is CCCCCCCCCCCCCCCCCCCCCCCCCCCCCCCCCCCCCCC(=O)N[C@@H](COP(=O)(O)OCCN)[C@H](O)CCCCCCCCCCCCC. The summed E-state index contributed by atoms with van der Waals surface area (Å²) in [6, 6.07) is -0.768. The zero-order valence-corrected chi connectivity index (χ0v) is 45.4. The molecule has 0 aromatic heterocycles. The lowest BCUT2D eigenvalue weighted by Crippen LogP contribution is -2.46. The smallest absolute Gasteiger partial charge is 0.391 e. The zero-order chi connectivity index (χ0) is 48.1. The van der Waals surface area contributed by atoms with E-state index < -0.39 is 20.0 Å². The predicted molar refractivity (Wildman–Crippen MR) is 286 cm³/mol. The molecule has 0 rings (SSSR count). The third-order valence-corrected chi connectivity index (χ3v) is 14.9. The van der Waals surface area contributed by atoms with E-state index in [-0.39, 0.29) is 25.7 Å². The number of amides is 1. The van der Waals surface area contributed by atoms with E-state index in [9.17, 15) is 19.4 Å². The number of aliphatic hydroxyl groups is 1. The van der Waals surface area contributed by atoms with Gasteiger partial charge in [0.25, 0.3) is 0 Å². The Bertz CT molecular complexity index is 1000. The normalized spacial score (nSPS) is 13.6. The van der Waals surface area contributed by atoms with Crippen LogP contribution >= 0.6 is 7.82 Å². The quantitative estimate of drug-likeness (QED) is 0.0353. The van der Waals surface area contributed by atoms with Crippen LogP contribution in [0.25, 0.3) is 0 Å². The van der Waals surface area contributed by atoms with Crippen molar-refractivity contribution in [2.24, 2.45) is 5.73 Å². The number of nitrogens with one attached hydrogen (secondary N) is 1. The lowest BCUT2D eigenvalue weighted by atomic mass is 10.0. The molecule has 0 aliphatic carbocycles. The minimum Gasteiger partial charge on any atom is -0.391 e. The Balaban J connectivity index is 3.68. The van der Waals surface area contributed by atoms with E-state index in [2.05, 4.69) is 19.2 Å². The van der Waals surface area contributed by atoms with Gasteiger partial charge < -0.3 is 21.1 Å². The zero-order valence-electron chi connectivity index (χ0n) is 44.5. The molecule has 0 radical (unpaired) electrons. The highest BCUT2D eigenvalue weighted by Gasteiger charge is 2.27. The highest BCUT2D eigenvalue weighted by atomic mass is 31.2. The predicted octanol–water partition coefficient (Wildman–Crippen LogP) is 18.1. The standard InChI is InChI=1S/C57H117N2O6P/c1-3-5-7-9-11-13-15-16-17-18-19-20-21-22-23-24-25-26-27-28-29-30-31-32-33-34-35-36-37-38-39-41-43-45-47-49-51-57(61)59-55(54-65-66(62,63)64-53-52-58)56(60)50-48-46-44-42-40-14-12-10-8-6-4-2/h55-56,60H,3-54,58H2,1-2H3,(H,59,61)(H,62,63)/t55-,56+/m0/s1. The van der Waals surface area contributed by atoms with E-state index in [1.54, 1.807) is 0 Å². The lowest BCUT2D eigenvalue weighted by Gasteiger charge is -2.25. The molecule has 0 bridgehead atoms. The summed E-state index contributed by atoms with van der Waals surface area (Å²) in [5, 5.41) is 13.8. The van der Waals surface area contributed by atoms with Crippen molar-refractivity contribution in [2.45, 2.75) is 341 Å². The lowest BCUT2D eigenvalue weighted by molar-refractivity contribution is -0.123. The number of phosphoric ester groups is 1. The summed E-state index contributed by atoms with van der Waals surface area (Å²) in [5.41, 5.74) is 5.40. The van der Waals surface area contributed by atoms with Gasteiger partial charge in [-0.05, 0) is 12.8 Å². The highest BCUT2D eigenvalue weighted by Crippen LogP contribution is 2.43. The van der Waals surface area contributed by atoms with Crippen molar-refractivity contribution >= 4 is 13.7 Å².